The highest BCUT2D eigenvalue weighted by Crippen LogP contribution is 2.03. The van der Waals surface area contributed by atoms with Crippen molar-refractivity contribution in [3.05, 3.63) is 0 Å². The zero-order valence-electron chi connectivity index (χ0n) is 25.4. The van der Waals surface area contributed by atoms with Crippen molar-refractivity contribution in [1.82, 2.24) is 29.8 Å². The number of nitrogens with one attached hydrogen (secondary N) is 2. The van der Waals surface area contributed by atoms with Crippen molar-refractivity contribution in [2.75, 3.05) is 131 Å². The van der Waals surface area contributed by atoms with Gasteiger partial charge in [-0.3, -0.25) is 38.8 Å². The Labute approximate surface area is 257 Å². The number of aliphatic carboxylic acids is 3. The van der Waals surface area contributed by atoms with Crippen LogP contribution in [0, 0.1) is 5.53 Å². The van der Waals surface area contributed by atoms with Crippen molar-refractivity contribution in [2.24, 2.45) is 5.11 Å². The first kappa shape index (κ1) is 38.9. The van der Waals surface area contributed by atoms with E-state index in [2.05, 4.69) is 15.3 Å². The van der Waals surface area contributed by atoms with Crippen molar-refractivity contribution in [3.63, 3.8) is 0 Å². The van der Waals surface area contributed by atoms with Gasteiger partial charge in [-0.15, -0.1) is 0 Å². The van der Waals surface area contributed by atoms with Gasteiger partial charge in [0.05, 0.1) is 65.8 Å². The molecule has 0 radical (unpaired) electrons. The van der Waals surface area contributed by atoms with Crippen molar-refractivity contribution in [1.29, 1.82) is 5.53 Å². The first-order valence-corrected chi connectivity index (χ1v) is 14.8. The summed E-state index contributed by atoms with van der Waals surface area (Å²) < 4.78 is 16.1. The van der Waals surface area contributed by atoms with E-state index in [1.165, 1.54) is 0 Å². The molecule has 0 bridgehead atoms. The molecule has 0 spiro atoms. The molecule has 1 aliphatic rings. The van der Waals surface area contributed by atoms with Gasteiger partial charge in [0.25, 0.3) is 0 Å². The molecule has 0 aromatic heterocycles. The van der Waals surface area contributed by atoms with E-state index in [1.807, 2.05) is 4.90 Å². The summed E-state index contributed by atoms with van der Waals surface area (Å²) in [5.74, 6) is -3.12. The van der Waals surface area contributed by atoms with Gasteiger partial charge in [0, 0.05) is 52.4 Å². The lowest BCUT2D eigenvalue weighted by molar-refractivity contribution is -0.140. The van der Waals surface area contributed by atoms with Gasteiger partial charge >= 0.3 is 17.9 Å². The minimum atomic E-state index is -0.979. The van der Waals surface area contributed by atoms with Crippen LogP contribution < -0.4 is 10.2 Å². The van der Waals surface area contributed by atoms with Crippen LogP contribution in [0.25, 0.3) is 0 Å². The molecule has 1 amide bonds. The highest BCUT2D eigenvalue weighted by Gasteiger charge is 2.19. The van der Waals surface area contributed by atoms with Crippen LogP contribution in [0.5, 0.6) is 0 Å². The minimum Gasteiger partial charge on any atom is -0.480 e. The number of nitrogens with zero attached hydrogens (tertiary/aromatic N) is 6. The van der Waals surface area contributed by atoms with Crippen LogP contribution in [0.15, 0.2) is 5.11 Å². The molecule has 0 atom stereocenters. The summed E-state index contributed by atoms with van der Waals surface area (Å²) >= 11 is 0. The van der Waals surface area contributed by atoms with Crippen molar-refractivity contribution in [2.45, 2.75) is 12.8 Å². The highest BCUT2D eigenvalue weighted by atomic mass is 16.5. The van der Waals surface area contributed by atoms with E-state index >= 15 is 0 Å². The van der Waals surface area contributed by atoms with E-state index in [0.717, 1.165) is 0 Å². The second-order valence-electron chi connectivity index (χ2n) is 10.1. The zero-order chi connectivity index (χ0) is 32.4. The molecule has 0 aliphatic carbocycles. The van der Waals surface area contributed by atoms with Gasteiger partial charge in [-0.1, -0.05) is 0 Å². The lowest BCUT2D eigenvalue weighted by Gasteiger charge is -2.30. The number of ether oxygens (including phenoxy) is 3. The largest absolute Gasteiger partial charge is 0.480 e. The normalized spacial score (nSPS) is 16.9. The van der Waals surface area contributed by atoms with E-state index in [0.29, 0.717) is 118 Å². The molecule has 1 fully saturated rings. The number of carbonyl (C=O) groups excluding carboxylic acids is 1. The summed E-state index contributed by atoms with van der Waals surface area (Å²) in [6, 6.07) is 0. The van der Waals surface area contributed by atoms with E-state index in [1.54, 1.807) is 14.7 Å². The summed E-state index contributed by atoms with van der Waals surface area (Å²) in [5, 5.41) is 34.3. The Morgan fingerprint density at radius 3 is 1.41 bits per heavy atom. The molecule has 1 aliphatic heterocycles. The third kappa shape index (κ3) is 22.4. The molecule has 1 saturated heterocycles. The maximum Gasteiger partial charge on any atom is 0.317 e. The predicted octanol–water partition coefficient (Wildman–Crippen LogP) is -2.04. The minimum absolute atomic E-state index is 0.0957. The SMILES string of the molecule is N=[N+]=NCCOCCOCCOCCNC(=O)CN1CCCN(CC(=O)O)CCN(CC(=O)O)CCCN(CC(=O)O)CC1. The van der Waals surface area contributed by atoms with Gasteiger partial charge in [0.1, 0.15) is 17.2 Å². The van der Waals surface area contributed by atoms with Gasteiger partial charge < -0.3 is 34.8 Å². The van der Waals surface area contributed by atoms with Crippen LogP contribution in [0.3, 0.4) is 0 Å². The molecule has 44 heavy (non-hydrogen) atoms. The molecule has 5 N–H and O–H groups in total. The Kier molecular flexibility index (Phi) is 22.4. The number of carbonyl (C=O) groups is 4. The summed E-state index contributed by atoms with van der Waals surface area (Å²) in [5.41, 5.74) is 6.54. The predicted molar refractivity (Wildman–Crippen MR) is 156 cm³/mol. The number of rotatable bonds is 20. The fourth-order valence-electron chi connectivity index (χ4n) is 4.47. The Balaban J connectivity index is 2.54. The lowest BCUT2D eigenvalue weighted by atomic mass is 10.2. The van der Waals surface area contributed by atoms with E-state index in [4.69, 9.17) is 19.7 Å². The average molecular weight is 634 g/mol. The zero-order valence-corrected chi connectivity index (χ0v) is 25.4. The maximum absolute atomic E-state index is 12.7. The number of hydrogen-bond donors (Lipinski definition) is 5. The van der Waals surface area contributed by atoms with Gasteiger partial charge in [-0.2, -0.15) is 0 Å². The fourth-order valence-corrected chi connectivity index (χ4v) is 4.47. The molecule has 0 aromatic carbocycles. The average Bonchev–Trinajstić information content (AvgIpc) is 2.95. The van der Waals surface area contributed by atoms with Crippen LogP contribution in [-0.2, 0) is 33.4 Å². The molecule has 0 saturated carbocycles. The summed E-state index contributed by atoms with van der Waals surface area (Å²) in [6.45, 7) is 5.82. The summed E-state index contributed by atoms with van der Waals surface area (Å²) in [4.78, 5) is 56.9. The molecule has 252 valence electrons. The number of hydrogen-bond acceptors (Lipinski definition) is 13. The number of carboxylic acids is 3. The smallest absolute Gasteiger partial charge is 0.317 e. The molecule has 18 heteroatoms. The third-order valence-corrected chi connectivity index (χ3v) is 6.53. The topological polar surface area (TPSA) is 232 Å². The van der Waals surface area contributed by atoms with Gasteiger partial charge in [0.2, 0.25) is 10.8 Å². The standard InChI is InChI=1S/C26H48N8O10/c27-30-29-4-14-43-16-18-44-17-15-42-13-3-28-23(35)19-31-5-1-6-33(21-25(38)39)11-12-34(22-26(40)41)8-2-7-32(10-9-31)20-24(36)37/h27H,1-22H2,(H3-,28,35,36,37,38,39,40,41)/p+1. The lowest BCUT2D eigenvalue weighted by Crippen LogP contribution is -2.46. The summed E-state index contributed by atoms with van der Waals surface area (Å²) in [7, 11) is 0. The molecular formula is C26H49N8O10+. The van der Waals surface area contributed by atoms with Crippen molar-refractivity contribution in [3.8, 4) is 0 Å². The molecule has 0 aromatic rings. The fraction of sp³-hybridized carbons (Fsp3) is 0.846. The Morgan fingerprint density at radius 2 is 1.00 bits per heavy atom. The van der Waals surface area contributed by atoms with Crippen molar-refractivity contribution < 1.29 is 48.7 Å². The molecular weight excluding hydrogens is 584 g/mol. The van der Waals surface area contributed by atoms with Crippen LogP contribution in [0.4, 0.5) is 0 Å². The Morgan fingerprint density at radius 1 is 0.614 bits per heavy atom. The van der Waals surface area contributed by atoms with Crippen molar-refractivity contribution >= 4 is 23.8 Å². The molecule has 1 rings (SSSR count). The van der Waals surface area contributed by atoms with E-state index < -0.39 is 17.9 Å². The second kappa shape index (κ2) is 25.3. The molecule has 0 unspecified atom stereocenters. The monoisotopic (exact) mass is 633 g/mol. The maximum atomic E-state index is 12.7. The van der Waals surface area contributed by atoms with Gasteiger partial charge in [0.15, 0.2) is 0 Å². The quantitative estimate of drug-likeness (QED) is 0.0552. The van der Waals surface area contributed by atoms with Gasteiger partial charge in [-0.25, -0.2) is 0 Å². The van der Waals surface area contributed by atoms with E-state index in [9.17, 15) is 34.5 Å². The highest BCUT2D eigenvalue weighted by molar-refractivity contribution is 5.78. The van der Waals surface area contributed by atoms with Gasteiger partial charge in [-0.05, 0) is 19.4 Å². The van der Waals surface area contributed by atoms with E-state index in [-0.39, 0.29) is 32.1 Å². The summed E-state index contributed by atoms with van der Waals surface area (Å²) in [6.07, 6.45) is 1.11. The molecule has 1 heterocycles. The second-order valence-corrected chi connectivity index (χ2v) is 10.1. The number of carboxylic acid groups (broad SMARTS) is 3. The van der Waals surface area contributed by atoms with Crippen LogP contribution in [0.2, 0.25) is 0 Å². The number of amides is 1. The van der Waals surface area contributed by atoms with Crippen LogP contribution in [0.1, 0.15) is 12.8 Å². The first-order valence-electron chi connectivity index (χ1n) is 14.8. The van der Waals surface area contributed by atoms with Crippen LogP contribution in [-0.4, -0.2) is 190 Å². The first-order chi connectivity index (χ1) is 21.2. The Bertz CT molecular complexity index is 893. The molecule has 18 nitrogen and oxygen atoms in total. The Hall–Kier alpha value is -3.09. The third-order valence-electron chi connectivity index (χ3n) is 6.53. The van der Waals surface area contributed by atoms with Crippen LogP contribution >= 0.6 is 0 Å².